The van der Waals surface area contributed by atoms with Crippen molar-refractivity contribution in [3.63, 3.8) is 0 Å². The SMILES string of the molecule is CC(C)[C@@H]1OCCC[C@H]1Nc1cc(N2CCC[C@@H]2C(=O)N(C)C)ncn1. The lowest BCUT2D eigenvalue weighted by Gasteiger charge is -2.35. The minimum Gasteiger partial charge on any atom is -0.376 e. The van der Waals surface area contributed by atoms with Crippen molar-refractivity contribution < 1.29 is 9.53 Å². The maximum Gasteiger partial charge on any atom is 0.244 e. The fraction of sp³-hybridized carbons (Fsp3) is 0.737. The lowest BCUT2D eigenvalue weighted by Crippen LogP contribution is -2.44. The number of nitrogens with one attached hydrogen (secondary N) is 1. The van der Waals surface area contributed by atoms with Gasteiger partial charge in [-0.25, -0.2) is 9.97 Å². The van der Waals surface area contributed by atoms with Gasteiger partial charge in [0.2, 0.25) is 5.91 Å². The molecule has 2 aliphatic rings. The molecule has 1 amide bonds. The molecular formula is C19H31N5O2. The molecule has 144 valence electrons. The van der Waals surface area contributed by atoms with Gasteiger partial charge in [-0.05, 0) is 31.6 Å². The first-order valence-electron chi connectivity index (χ1n) is 9.65. The monoisotopic (exact) mass is 361 g/mol. The van der Waals surface area contributed by atoms with E-state index in [1.807, 2.05) is 6.07 Å². The Balaban J connectivity index is 1.74. The molecule has 3 rings (SSSR count). The predicted molar refractivity (Wildman–Crippen MR) is 102 cm³/mol. The molecule has 0 aliphatic carbocycles. The molecule has 2 aliphatic heterocycles. The molecular weight excluding hydrogens is 330 g/mol. The number of amides is 1. The first-order chi connectivity index (χ1) is 12.5. The van der Waals surface area contributed by atoms with E-state index in [-0.39, 0.29) is 24.1 Å². The number of ether oxygens (including phenoxy) is 1. The maximum atomic E-state index is 12.5. The van der Waals surface area contributed by atoms with Crippen LogP contribution in [0, 0.1) is 5.92 Å². The van der Waals surface area contributed by atoms with Crippen LogP contribution in [0.25, 0.3) is 0 Å². The molecule has 2 saturated heterocycles. The van der Waals surface area contributed by atoms with E-state index in [0.29, 0.717) is 5.92 Å². The van der Waals surface area contributed by atoms with Crippen LogP contribution in [0.5, 0.6) is 0 Å². The number of anilines is 2. The summed E-state index contributed by atoms with van der Waals surface area (Å²) in [6.45, 7) is 6.07. The Morgan fingerprint density at radius 1 is 1.31 bits per heavy atom. The number of hydrogen-bond acceptors (Lipinski definition) is 6. The second-order valence-corrected chi connectivity index (χ2v) is 7.82. The van der Waals surface area contributed by atoms with Crippen LogP contribution in [0.15, 0.2) is 12.4 Å². The summed E-state index contributed by atoms with van der Waals surface area (Å²) in [7, 11) is 3.61. The Bertz CT molecular complexity index is 622. The van der Waals surface area contributed by atoms with Gasteiger partial charge in [-0.15, -0.1) is 0 Å². The van der Waals surface area contributed by atoms with Crippen LogP contribution in [0.3, 0.4) is 0 Å². The van der Waals surface area contributed by atoms with Gasteiger partial charge in [-0.3, -0.25) is 4.79 Å². The van der Waals surface area contributed by atoms with Gasteiger partial charge >= 0.3 is 0 Å². The van der Waals surface area contributed by atoms with Crippen molar-refractivity contribution in [2.75, 3.05) is 37.5 Å². The third-order valence-electron chi connectivity index (χ3n) is 5.28. The van der Waals surface area contributed by atoms with Crippen LogP contribution in [0.2, 0.25) is 0 Å². The molecule has 1 N–H and O–H groups in total. The molecule has 1 aromatic heterocycles. The van der Waals surface area contributed by atoms with Crippen LogP contribution < -0.4 is 10.2 Å². The van der Waals surface area contributed by atoms with Gasteiger partial charge in [0.15, 0.2) is 0 Å². The zero-order valence-electron chi connectivity index (χ0n) is 16.3. The molecule has 3 heterocycles. The van der Waals surface area contributed by atoms with Crippen molar-refractivity contribution in [3.8, 4) is 0 Å². The van der Waals surface area contributed by atoms with Crippen molar-refractivity contribution >= 4 is 17.5 Å². The van der Waals surface area contributed by atoms with E-state index in [1.165, 1.54) is 0 Å². The molecule has 0 aromatic carbocycles. The van der Waals surface area contributed by atoms with Crippen molar-refractivity contribution in [1.82, 2.24) is 14.9 Å². The summed E-state index contributed by atoms with van der Waals surface area (Å²) in [6, 6.07) is 2.09. The van der Waals surface area contributed by atoms with E-state index in [9.17, 15) is 4.79 Å². The normalized spacial score (nSPS) is 26.2. The van der Waals surface area contributed by atoms with Gasteiger partial charge in [0.25, 0.3) is 0 Å². The van der Waals surface area contributed by atoms with Crippen molar-refractivity contribution in [3.05, 3.63) is 12.4 Å². The van der Waals surface area contributed by atoms with Crippen molar-refractivity contribution in [2.45, 2.75) is 57.7 Å². The largest absolute Gasteiger partial charge is 0.376 e. The lowest BCUT2D eigenvalue weighted by molar-refractivity contribution is -0.129. The minimum atomic E-state index is -0.130. The molecule has 0 radical (unpaired) electrons. The van der Waals surface area contributed by atoms with Crippen LogP contribution >= 0.6 is 0 Å². The van der Waals surface area contributed by atoms with Gasteiger partial charge in [0.05, 0.1) is 12.1 Å². The predicted octanol–water partition coefficient (Wildman–Crippen LogP) is 2.15. The first kappa shape index (κ1) is 18.9. The molecule has 7 heteroatoms. The van der Waals surface area contributed by atoms with E-state index < -0.39 is 0 Å². The zero-order valence-corrected chi connectivity index (χ0v) is 16.3. The second kappa shape index (κ2) is 8.20. The Morgan fingerprint density at radius 2 is 2.12 bits per heavy atom. The van der Waals surface area contributed by atoms with E-state index >= 15 is 0 Å². The van der Waals surface area contributed by atoms with Gasteiger partial charge in [0.1, 0.15) is 24.0 Å². The zero-order chi connectivity index (χ0) is 18.7. The third-order valence-corrected chi connectivity index (χ3v) is 5.28. The Kier molecular flexibility index (Phi) is 5.96. The molecule has 26 heavy (non-hydrogen) atoms. The molecule has 0 spiro atoms. The molecule has 0 bridgehead atoms. The van der Waals surface area contributed by atoms with Gasteiger partial charge in [0, 0.05) is 33.3 Å². The first-order valence-corrected chi connectivity index (χ1v) is 9.65. The quantitative estimate of drug-likeness (QED) is 0.866. The molecule has 2 fully saturated rings. The molecule has 7 nitrogen and oxygen atoms in total. The van der Waals surface area contributed by atoms with E-state index in [2.05, 4.69) is 34.0 Å². The number of rotatable bonds is 5. The average molecular weight is 361 g/mol. The Morgan fingerprint density at radius 3 is 2.85 bits per heavy atom. The molecule has 3 atom stereocenters. The number of likely N-dealkylation sites (N-methyl/N-ethyl adjacent to an activating group) is 1. The van der Waals surface area contributed by atoms with Gasteiger partial charge in [-0.2, -0.15) is 0 Å². The second-order valence-electron chi connectivity index (χ2n) is 7.82. The van der Waals surface area contributed by atoms with Crippen LogP contribution in [0.1, 0.15) is 39.5 Å². The smallest absolute Gasteiger partial charge is 0.244 e. The summed E-state index contributed by atoms with van der Waals surface area (Å²) in [4.78, 5) is 25.1. The molecule has 0 unspecified atom stereocenters. The van der Waals surface area contributed by atoms with E-state index in [4.69, 9.17) is 4.74 Å². The van der Waals surface area contributed by atoms with Gasteiger partial charge in [-0.1, -0.05) is 13.8 Å². The molecule has 0 saturated carbocycles. The maximum absolute atomic E-state index is 12.5. The fourth-order valence-electron chi connectivity index (χ4n) is 3.98. The summed E-state index contributed by atoms with van der Waals surface area (Å²) >= 11 is 0. The summed E-state index contributed by atoms with van der Waals surface area (Å²) in [5, 5.41) is 3.54. The lowest BCUT2D eigenvalue weighted by atomic mass is 9.94. The summed E-state index contributed by atoms with van der Waals surface area (Å²) in [6.07, 6.45) is 5.79. The fourth-order valence-corrected chi connectivity index (χ4v) is 3.98. The van der Waals surface area contributed by atoms with Gasteiger partial charge < -0.3 is 19.9 Å². The average Bonchev–Trinajstić information content (AvgIpc) is 3.11. The number of nitrogens with zero attached hydrogens (tertiary/aromatic N) is 4. The Labute approximate surface area is 156 Å². The number of carbonyl (C=O) groups is 1. The Hall–Kier alpha value is -1.89. The highest BCUT2D eigenvalue weighted by atomic mass is 16.5. The topological polar surface area (TPSA) is 70.6 Å². The number of hydrogen-bond donors (Lipinski definition) is 1. The molecule has 1 aromatic rings. The highest BCUT2D eigenvalue weighted by molar-refractivity contribution is 5.85. The van der Waals surface area contributed by atoms with Crippen LogP contribution in [-0.2, 0) is 9.53 Å². The van der Waals surface area contributed by atoms with E-state index in [1.54, 1.807) is 25.3 Å². The highest BCUT2D eigenvalue weighted by Gasteiger charge is 2.33. The van der Waals surface area contributed by atoms with Crippen LogP contribution in [0.4, 0.5) is 11.6 Å². The van der Waals surface area contributed by atoms with Crippen LogP contribution in [-0.4, -0.2) is 66.2 Å². The number of carbonyl (C=O) groups excluding carboxylic acids is 1. The standard InChI is InChI=1S/C19H31N5O2/c1-13(2)18-14(7-6-10-26-18)22-16-11-17(21-12-20-16)24-9-5-8-15(24)19(25)23(3)4/h11-15,18H,5-10H2,1-4H3,(H,20,21,22)/t14-,15-,18+/m1/s1. The summed E-state index contributed by atoms with van der Waals surface area (Å²) in [5.74, 6) is 2.21. The third kappa shape index (κ3) is 4.09. The summed E-state index contributed by atoms with van der Waals surface area (Å²) in [5.41, 5.74) is 0. The minimum absolute atomic E-state index is 0.130. The highest BCUT2D eigenvalue weighted by Crippen LogP contribution is 2.28. The van der Waals surface area contributed by atoms with E-state index in [0.717, 1.165) is 50.5 Å². The van der Waals surface area contributed by atoms with Crippen molar-refractivity contribution in [1.29, 1.82) is 0 Å². The summed E-state index contributed by atoms with van der Waals surface area (Å²) < 4.78 is 5.96. The van der Waals surface area contributed by atoms with Crippen molar-refractivity contribution in [2.24, 2.45) is 5.92 Å². The number of aromatic nitrogens is 2.